The zero-order chi connectivity index (χ0) is 14.8. The molecule has 1 aromatic rings. The molecule has 1 heterocycles. The summed E-state index contributed by atoms with van der Waals surface area (Å²) in [6.45, 7) is 3.03. The van der Waals surface area contributed by atoms with Crippen molar-refractivity contribution >= 4 is 0 Å². The van der Waals surface area contributed by atoms with Crippen molar-refractivity contribution in [3.63, 3.8) is 0 Å². The van der Waals surface area contributed by atoms with E-state index in [9.17, 15) is 18.3 Å². The zero-order valence-corrected chi connectivity index (χ0v) is 11.2. The number of benzene rings is 1. The molecule has 3 nitrogen and oxygen atoms in total. The number of aliphatic hydroxyl groups excluding tert-OH is 1. The summed E-state index contributed by atoms with van der Waals surface area (Å²) in [7, 11) is 0. The molecular weight excluding hydrogens is 271 g/mol. The van der Waals surface area contributed by atoms with Gasteiger partial charge in [0, 0.05) is 12.1 Å². The minimum Gasteiger partial charge on any atom is -0.388 e. The molecule has 0 saturated carbocycles. The number of ether oxygens (including phenoxy) is 1. The van der Waals surface area contributed by atoms with Gasteiger partial charge in [-0.25, -0.2) is 0 Å². The summed E-state index contributed by atoms with van der Waals surface area (Å²) in [5, 5.41) is 13.3. The molecule has 0 bridgehead atoms. The highest BCUT2D eigenvalue weighted by Gasteiger charge is 2.31. The summed E-state index contributed by atoms with van der Waals surface area (Å²) >= 11 is 0. The van der Waals surface area contributed by atoms with Gasteiger partial charge in [0.15, 0.2) is 0 Å². The van der Waals surface area contributed by atoms with Crippen LogP contribution >= 0.6 is 0 Å². The van der Waals surface area contributed by atoms with E-state index in [0.29, 0.717) is 19.6 Å². The standard InChI is InChI=1S/C14H18F3NO2/c1-9-7-20-8-12(18-9)6-13(19)10-3-2-4-11(5-10)14(15,16)17/h2-5,9,12-13,18-19H,6-8H2,1H3. The van der Waals surface area contributed by atoms with Gasteiger partial charge < -0.3 is 15.2 Å². The van der Waals surface area contributed by atoms with Crippen molar-refractivity contribution in [2.45, 2.75) is 37.7 Å². The van der Waals surface area contributed by atoms with Crippen LogP contribution in [-0.4, -0.2) is 30.4 Å². The van der Waals surface area contributed by atoms with Gasteiger partial charge in [-0.3, -0.25) is 0 Å². The van der Waals surface area contributed by atoms with Crippen LogP contribution in [0.2, 0.25) is 0 Å². The van der Waals surface area contributed by atoms with Gasteiger partial charge in [-0.1, -0.05) is 12.1 Å². The fourth-order valence-corrected chi connectivity index (χ4v) is 2.35. The number of hydrogen-bond acceptors (Lipinski definition) is 3. The molecule has 20 heavy (non-hydrogen) atoms. The molecule has 1 fully saturated rings. The molecule has 1 aromatic carbocycles. The first-order valence-electron chi connectivity index (χ1n) is 6.55. The summed E-state index contributed by atoms with van der Waals surface area (Å²) in [6.07, 6.45) is -5.01. The predicted octanol–water partition coefficient (Wildman–Crippen LogP) is 2.51. The Morgan fingerprint density at radius 1 is 1.40 bits per heavy atom. The highest BCUT2D eigenvalue weighted by molar-refractivity contribution is 5.27. The summed E-state index contributed by atoms with van der Waals surface area (Å²) < 4.78 is 43.2. The lowest BCUT2D eigenvalue weighted by Crippen LogP contribution is -2.47. The van der Waals surface area contributed by atoms with E-state index >= 15 is 0 Å². The molecule has 3 atom stereocenters. The van der Waals surface area contributed by atoms with Crippen LogP contribution in [0.25, 0.3) is 0 Å². The van der Waals surface area contributed by atoms with E-state index in [1.54, 1.807) is 0 Å². The number of hydrogen-bond donors (Lipinski definition) is 2. The summed E-state index contributed by atoms with van der Waals surface area (Å²) in [5.74, 6) is 0. The second-order valence-corrected chi connectivity index (χ2v) is 5.18. The Labute approximate surface area is 115 Å². The number of rotatable bonds is 3. The fraction of sp³-hybridized carbons (Fsp3) is 0.571. The Morgan fingerprint density at radius 3 is 2.80 bits per heavy atom. The second kappa shape index (κ2) is 6.11. The molecule has 0 aromatic heterocycles. The molecule has 2 rings (SSSR count). The van der Waals surface area contributed by atoms with Crippen molar-refractivity contribution in [3.05, 3.63) is 35.4 Å². The molecule has 0 aliphatic carbocycles. The lowest BCUT2D eigenvalue weighted by atomic mass is 9.99. The Hall–Kier alpha value is -1.11. The minimum atomic E-state index is -4.39. The Balaban J connectivity index is 2.03. The third-order valence-corrected chi connectivity index (χ3v) is 3.31. The van der Waals surface area contributed by atoms with E-state index in [4.69, 9.17) is 4.74 Å². The maximum atomic E-state index is 12.6. The lowest BCUT2D eigenvalue weighted by molar-refractivity contribution is -0.137. The number of alkyl halides is 3. The highest BCUT2D eigenvalue weighted by Crippen LogP contribution is 2.31. The van der Waals surface area contributed by atoms with Gasteiger partial charge in [0.05, 0.1) is 24.9 Å². The van der Waals surface area contributed by atoms with Gasteiger partial charge in [0.25, 0.3) is 0 Å². The van der Waals surface area contributed by atoms with Gasteiger partial charge >= 0.3 is 6.18 Å². The van der Waals surface area contributed by atoms with Gasteiger partial charge in [-0.2, -0.15) is 13.2 Å². The number of halogens is 3. The molecular formula is C14H18F3NO2. The number of nitrogens with one attached hydrogen (secondary N) is 1. The number of morpholine rings is 1. The molecule has 1 aliphatic rings. The Morgan fingerprint density at radius 2 is 2.15 bits per heavy atom. The van der Waals surface area contributed by atoms with E-state index < -0.39 is 17.8 Å². The van der Waals surface area contributed by atoms with E-state index in [1.165, 1.54) is 12.1 Å². The third kappa shape index (κ3) is 3.94. The van der Waals surface area contributed by atoms with Crippen LogP contribution in [0, 0.1) is 0 Å². The molecule has 2 N–H and O–H groups in total. The normalized spacial score (nSPS) is 25.4. The van der Waals surface area contributed by atoms with Crippen LogP contribution in [0.5, 0.6) is 0 Å². The first-order chi connectivity index (χ1) is 9.36. The maximum absolute atomic E-state index is 12.6. The molecule has 0 amide bonds. The summed E-state index contributed by atoms with van der Waals surface area (Å²) in [6, 6.07) is 4.95. The highest BCUT2D eigenvalue weighted by atomic mass is 19.4. The Bertz CT molecular complexity index is 450. The molecule has 0 spiro atoms. The minimum absolute atomic E-state index is 0.0525. The van der Waals surface area contributed by atoms with E-state index in [-0.39, 0.29) is 17.6 Å². The van der Waals surface area contributed by atoms with Crippen LogP contribution in [0.15, 0.2) is 24.3 Å². The van der Waals surface area contributed by atoms with Crippen LogP contribution < -0.4 is 5.32 Å². The quantitative estimate of drug-likeness (QED) is 0.898. The van der Waals surface area contributed by atoms with Crippen molar-refractivity contribution in [2.24, 2.45) is 0 Å². The molecule has 1 aliphatic heterocycles. The van der Waals surface area contributed by atoms with Crippen LogP contribution in [0.3, 0.4) is 0 Å². The van der Waals surface area contributed by atoms with Gasteiger partial charge in [-0.15, -0.1) is 0 Å². The smallest absolute Gasteiger partial charge is 0.388 e. The third-order valence-electron chi connectivity index (χ3n) is 3.31. The second-order valence-electron chi connectivity index (χ2n) is 5.18. The summed E-state index contributed by atoms with van der Waals surface area (Å²) in [5.41, 5.74) is -0.463. The van der Waals surface area contributed by atoms with Gasteiger partial charge in [-0.05, 0) is 31.0 Å². The van der Waals surface area contributed by atoms with Gasteiger partial charge in [0.1, 0.15) is 0 Å². The average Bonchev–Trinajstić information content (AvgIpc) is 2.38. The SMILES string of the molecule is CC1COCC(CC(O)c2cccc(C(F)(F)F)c2)N1. The molecule has 6 heteroatoms. The van der Waals surface area contributed by atoms with Crippen LogP contribution in [-0.2, 0) is 10.9 Å². The van der Waals surface area contributed by atoms with Crippen molar-refractivity contribution in [1.29, 1.82) is 0 Å². The van der Waals surface area contributed by atoms with Crippen LogP contribution in [0.4, 0.5) is 13.2 Å². The van der Waals surface area contributed by atoms with Crippen molar-refractivity contribution in [2.75, 3.05) is 13.2 Å². The zero-order valence-electron chi connectivity index (χ0n) is 11.2. The predicted molar refractivity (Wildman–Crippen MR) is 68.2 cm³/mol. The summed E-state index contributed by atoms with van der Waals surface area (Å²) in [4.78, 5) is 0. The molecule has 3 unspecified atom stereocenters. The van der Waals surface area contributed by atoms with Crippen molar-refractivity contribution in [3.8, 4) is 0 Å². The van der Waals surface area contributed by atoms with E-state index in [1.807, 2.05) is 6.92 Å². The molecule has 0 radical (unpaired) electrons. The largest absolute Gasteiger partial charge is 0.416 e. The average molecular weight is 289 g/mol. The van der Waals surface area contributed by atoms with Crippen molar-refractivity contribution in [1.82, 2.24) is 5.32 Å². The van der Waals surface area contributed by atoms with E-state index in [2.05, 4.69) is 5.32 Å². The first kappa shape index (κ1) is 15.3. The van der Waals surface area contributed by atoms with Gasteiger partial charge in [0.2, 0.25) is 0 Å². The topological polar surface area (TPSA) is 41.5 Å². The maximum Gasteiger partial charge on any atom is 0.416 e. The van der Waals surface area contributed by atoms with Crippen LogP contribution in [0.1, 0.15) is 30.6 Å². The fourth-order valence-electron chi connectivity index (χ4n) is 2.35. The first-order valence-corrected chi connectivity index (χ1v) is 6.55. The lowest BCUT2D eigenvalue weighted by Gasteiger charge is -2.30. The van der Waals surface area contributed by atoms with E-state index in [0.717, 1.165) is 12.1 Å². The Kier molecular flexibility index (Phi) is 4.67. The van der Waals surface area contributed by atoms with Crippen molar-refractivity contribution < 1.29 is 23.0 Å². The molecule has 1 saturated heterocycles. The number of aliphatic hydroxyl groups is 1. The molecule has 112 valence electrons. The monoisotopic (exact) mass is 289 g/mol.